The van der Waals surface area contributed by atoms with Gasteiger partial charge in [0.2, 0.25) is 10.0 Å². The lowest BCUT2D eigenvalue weighted by Crippen LogP contribution is -2.48. The van der Waals surface area contributed by atoms with Gasteiger partial charge in [0.05, 0.1) is 5.75 Å². The molecule has 2 heterocycles. The van der Waals surface area contributed by atoms with Crippen molar-refractivity contribution < 1.29 is 8.42 Å². The summed E-state index contributed by atoms with van der Waals surface area (Å²) in [5, 5.41) is 3.37. The third-order valence-electron chi connectivity index (χ3n) is 3.52. The minimum atomic E-state index is -3.11. The van der Waals surface area contributed by atoms with Gasteiger partial charge in [0.1, 0.15) is 0 Å². The van der Waals surface area contributed by atoms with Crippen LogP contribution in [-0.2, 0) is 10.0 Å². The van der Waals surface area contributed by atoms with Crippen LogP contribution in [0.4, 0.5) is 0 Å². The van der Waals surface area contributed by atoms with Crippen molar-refractivity contribution in [2.45, 2.75) is 13.0 Å². The quantitative estimate of drug-likeness (QED) is 0.787. The minimum absolute atomic E-state index is 0. The van der Waals surface area contributed by atoms with Crippen LogP contribution in [0.3, 0.4) is 0 Å². The number of piperazine rings is 1. The highest BCUT2D eigenvalue weighted by Crippen LogP contribution is 2.20. The fraction of sp³-hybridized carbons (Fsp3) is 0.615. The Morgan fingerprint density at radius 2 is 2.33 bits per heavy atom. The second kappa shape index (κ2) is 8.65. The van der Waals surface area contributed by atoms with Crippen molar-refractivity contribution in [2.75, 3.05) is 38.5 Å². The van der Waals surface area contributed by atoms with Gasteiger partial charge in [-0.15, -0.1) is 12.4 Å². The molecule has 2 rings (SSSR count). The van der Waals surface area contributed by atoms with E-state index in [1.165, 1.54) is 0 Å². The molecule has 0 saturated carbocycles. The summed E-state index contributed by atoms with van der Waals surface area (Å²) in [4.78, 5) is 6.46. The Balaban J connectivity index is 0.00000220. The van der Waals surface area contributed by atoms with Crippen molar-refractivity contribution in [1.82, 2.24) is 19.9 Å². The zero-order valence-electron chi connectivity index (χ0n) is 12.2. The van der Waals surface area contributed by atoms with Gasteiger partial charge in [0, 0.05) is 51.2 Å². The van der Waals surface area contributed by atoms with Gasteiger partial charge in [0.15, 0.2) is 0 Å². The average molecular weight is 335 g/mol. The van der Waals surface area contributed by atoms with Crippen LogP contribution >= 0.6 is 12.4 Å². The Labute approximate surface area is 132 Å². The standard InChI is InChI=1S/C13H22N4O2S.ClH/c1-2-20(18,19)16-7-9-17-8-6-15-11-13(17)12-4-3-5-14-10-12;/h3-5,10,13,15-16H,2,6-9,11H2,1H3;1H. The van der Waals surface area contributed by atoms with E-state index in [9.17, 15) is 8.42 Å². The lowest BCUT2D eigenvalue weighted by atomic mass is 10.1. The van der Waals surface area contributed by atoms with E-state index in [0.717, 1.165) is 25.2 Å². The topological polar surface area (TPSA) is 74.3 Å². The average Bonchev–Trinajstić information content (AvgIpc) is 2.48. The van der Waals surface area contributed by atoms with Gasteiger partial charge in [-0.05, 0) is 18.6 Å². The highest BCUT2D eigenvalue weighted by atomic mass is 35.5. The highest BCUT2D eigenvalue weighted by molar-refractivity contribution is 7.89. The van der Waals surface area contributed by atoms with Gasteiger partial charge in [0.25, 0.3) is 0 Å². The summed E-state index contributed by atoms with van der Waals surface area (Å²) >= 11 is 0. The van der Waals surface area contributed by atoms with Crippen LogP contribution < -0.4 is 10.0 Å². The van der Waals surface area contributed by atoms with Gasteiger partial charge in [-0.25, -0.2) is 13.1 Å². The van der Waals surface area contributed by atoms with E-state index < -0.39 is 10.0 Å². The number of halogens is 1. The third-order valence-corrected chi connectivity index (χ3v) is 4.93. The highest BCUT2D eigenvalue weighted by Gasteiger charge is 2.23. The van der Waals surface area contributed by atoms with Crippen LogP contribution in [0.1, 0.15) is 18.5 Å². The zero-order chi connectivity index (χ0) is 14.4. The number of aromatic nitrogens is 1. The maximum absolute atomic E-state index is 11.4. The second-order valence-electron chi connectivity index (χ2n) is 4.84. The molecule has 0 spiro atoms. The molecule has 1 fully saturated rings. The van der Waals surface area contributed by atoms with Crippen LogP contribution in [0.15, 0.2) is 24.5 Å². The molecule has 0 radical (unpaired) electrons. The summed E-state index contributed by atoms with van der Waals surface area (Å²) in [6, 6.07) is 4.25. The first-order chi connectivity index (χ1) is 9.62. The summed E-state index contributed by atoms with van der Waals surface area (Å²) in [6.07, 6.45) is 3.64. The molecule has 1 aliphatic rings. The van der Waals surface area contributed by atoms with Crippen LogP contribution in [-0.4, -0.2) is 56.8 Å². The molecule has 1 unspecified atom stereocenters. The van der Waals surface area contributed by atoms with Crippen LogP contribution in [0.5, 0.6) is 0 Å². The molecule has 2 N–H and O–H groups in total. The number of nitrogens with one attached hydrogen (secondary N) is 2. The fourth-order valence-electron chi connectivity index (χ4n) is 2.36. The lowest BCUT2D eigenvalue weighted by molar-refractivity contribution is 0.165. The molecule has 120 valence electrons. The van der Waals surface area contributed by atoms with Crippen LogP contribution in [0.25, 0.3) is 0 Å². The number of nitrogens with zero attached hydrogens (tertiary/aromatic N) is 2. The molecule has 0 aromatic carbocycles. The molecule has 1 aromatic rings. The smallest absolute Gasteiger partial charge is 0.211 e. The number of pyridine rings is 1. The Hall–Kier alpha value is -0.730. The molecular formula is C13H23ClN4O2S. The molecule has 8 heteroatoms. The predicted molar refractivity (Wildman–Crippen MR) is 86.1 cm³/mol. The number of sulfonamides is 1. The van der Waals surface area contributed by atoms with Crippen molar-refractivity contribution in [3.05, 3.63) is 30.1 Å². The van der Waals surface area contributed by atoms with E-state index in [-0.39, 0.29) is 24.2 Å². The molecule has 0 amide bonds. The van der Waals surface area contributed by atoms with Gasteiger partial charge < -0.3 is 5.32 Å². The number of rotatable bonds is 6. The van der Waals surface area contributed by atoms with Crippen LogP contribution in [0.2, 0.25) is 0 Å². The maximum Gasteiger partial charge on any atom is 0.211 e. The van der Waals surface area contributed by atoms with Gasteiger partial charge >= 0.3 is 0 Å². The predicted octanol–water partition coefficient (Wildman–Crippen LogP) is 0.389. The fourth-order valence-corrected chi connectivity index (χ4v) is 2.97. The summed E-state index contributed by atoms with van der Waals surface area (Å²) < 4.78 is 25.5. The molecule has 1 aromatic heterocycles. The minimum Gasteiger partial charge on any atom is -0.314 e. The SMILES string of the molecule is CCS(=O)(=O)NCCN1CCNCC1c1cccnc1.Cl. The van der Waals surface area contributed by atoms with Crippen molar-refractivity contribution in [3.63, 3.8) is 0 Å². The number of hydrogen-bond donors (Lipinski definition) is 2. The number of hydrogen-bond acceptors (Lipinski definition) is 5. The van der Waals surface area contributed by atoms with Gasteiger partial charge in [-0.1, -0.05) is 6.07 Å². The second-order valence-corrected chi connectivity index (χ2v) is 6.94. The van der Waals surface area contributed by atoms with Gasteiger partial charge in [-0.2, -0.15) is 0 Å². The zero-order valence-corrected chi connectivity index (χ0v) is 13.8. The summed E-state index contributed by atoms with van der Waals surface area (Å²) in [6.45, 7) is 5.51. The van der Waals surface area contributed by atoms with E-state index in [0.29, 0.717) is 13.1 Å². The van der Waals surface area contributed by atoms with E-state index in [4.69, 9.17) is 0 Å². The molecule has 0 bridgehead atoms. The van der Waals surface area contributed by atoms with Crippen molar-refractivity contribution in [3.8, 4) is 0 Å². The maximum atomic E-state index is 11.4. The molecule has 1 saturated heterocycles. The Morgan fingerprint density at radius 3 is 3.00 bits per heavy atom. The molecule has 0 aliphatic carbocycles. The van der Waals surface area contributed by atoms with Crippen molar-refractivity contribution in [2.24, 2.45) is 0 Å². The van der Waals surface area contributed by atoms with E-state index in [2.05, 4.69) is 26.0 Å². The summed E-state index contributed by atoms with van der Waals surface area (Å²) in [5.74, 6) is 0.126. The van der Waals surface area contributed by atoms with Crippen molar-refractivity contribution in [1.29, 1.82) is 0 Å². The monoisotopic (exact) mass is 334 g/mol. The molecule has 21 heavy (non-hydrogen) atoms. The molecule has 1 aliphatic heterocycles. The first kappa shape index (κ1) is 18.3. The largest absolute Gasteiger partial charge is 0.314 e. The first-order valence-electron chi connectivity index (χ1n) is 6.94. The van der Waals surface area contributed by atoms with E-state index in [1.807, 2.05) is 12.3 Å². The van der Waals surface area contributed by atoms with Crippen LogP contribution in [0, 0.1) is 0 Å². The van der Waals surface area contributed by atoms with E-state index >= 15 is 0 Å². The molecule has 6 nitrogen and oxygen atoms in total. The lowest BCUT2D eigenvalue weighted by Gasteiger charge is -2.36. The molecule has 1 atom stereocenters. The summed E-state index contributed by atoms with van der Waals surface area (Å²) in [7, 11) is -3.11. The van der Waals surface area contributed by atoms with E-state index in [1.54, 1.807) is 13.1 Å². The normalized spacial score (nSPS) is 20.0. The van der Waals surface area contributed by atoms with Crippen molar-refractivity contribution >= 4 is 22.4 Å². The summed E-state index contributed by atoms with van der Waals surface area (Å²) in [5.41, 5.74) is 1.16. The Morgan fingerprint density at radius 1 is 1.52 bits per heavy atom. The first-order valence-corrected chi connectivity index (χ1v) is 8.59. The third kappa shape index (κ3) is 5.52. The molecular weight excluding hydrogens is 312 g/mol. The Bertz CT molecular complexity index is 512. The Kier molecular flexibility index (Phi) is 7.55. The van der Waals surface area contributed by atoms with Gasteiger partial charge in [-0.3, -0.25) is 9.88 Å².